The highest BCUT2D eigenvalue weighted by Gasteiger charge is 2.13. The molecule has 1 nitrogen and oxygen atoms in total. The number of carbonyl (C=O) groups is 1. The monoisotopic (exact) mass is 394 g/mol. The number of hydrogen-bond acceptors (Lipinski definition) is 2. The van der Waals surface area contributed by atoms with Crippen LogP contribution in [0.25, 0.3) is 0 Å². The van der Waals surface area contributed by atoms with Crippen molar-refractivity contribution in [3.63, 3.8) is 0 Å². The molecule has 1 aromatic carbocycles. The standard InChI is InChI=1S/C12H6Br2F2OS/c13-7-5-11(18-12(7)14)10(17)4-6-1-2-8(15)9(16)3-6/h1-3,5H,4H2. The third-order valence-corrected chi connectivity index (χ3v) is 5.57. The Morgan fingerprint density at radius 2 is 1.89 bits per heavy atom. The summed E-state index contributed by atoms with van der Waals surface area (Å²) in [6, 6.07) is 5.19. The van der Waals surface area contributed by atoms with Crippen LogP contribution in [-0.4, -0.2) is 5.78 Å². The van der Waals surface area contributed by atoms with Gasteiger partial charge in [0.1, 0.15) is 0 Å². The number of benzene rings is 1. The fourth-order valence-electron chi connectivity index (χ4n) is 1.41. The van der Waals surface area contributed by atoms with Gasteiger partial charge in [-0.1, -0.05) is 6.07 Å². The van der Waals surface area contributed by atoms with Crippen molar-refractivity contribution in [2.75, 3.05) is 0 Å². The molecule has 0 atom stereocenters. The van der Waals surface area contributed by atoms with E-state index in [1.165, 1.54) is 17.4 Å². The number of halogens is 4. The van der Waals surface area contributed by atoms with Crippen molar-refractivity contribution in [3.8, 4) is 0 Å². The second-order valence-corrected chi connectivity index (χ2v) is 6.81. The average molecular weight is 396 g/mol. The number of hydrogen-bond donors (Lipinski definition) is 0. The molecule has 0 aliphatic heterocycles. The highest BCUT2D eigenvalue weighted by molar-refractivity contribution is 9.13. The van der Waals surface area contributed by atoms with Gasteiger partial charge in [0.15, 0.2) is 17.4 Å². The Hall–Kier alpha value is -0.590. The third-order valence-electron chi connectivity index (χ3n) is 2.27. The Morgan fingerprint density at radius 3 is 2.44 bits per heavy atom. The maximum Gasteiger partial charge on any atom is 0.177 e. The molecule has 0 saturated heterocycles. The Morgan fingerprint density at radius 1 is 1.17 bits per heavy atom. The van der Waals surface area contributed by atoms with E-state index in [2.05, 4.69) is 31.9 Å². The highest BCUT2D eigenvalue weighted by Crippen LogP contribution is 2.33. The van der Waals surface area contributed by atoms with Gasteiger partial charge in [-0.05, 0) is 55.6 Å². The molecule has 6 heteroatoms. The molecule has 0 bridgehead atoms. The molecule has 1 heterocycles. The number of Topliss-reactive ketones (excluding diaryl/α,β-unsaturated/α-hetero) is 1. The zero-order valence-electron chi connectivity index (χ0n) is 8.84. The van der Waals surface area contributed by atoms with Gasteiger partial charge in [-0.25, -0.2) is 8.78 Å². The van der Waals surface area contributed by atoms with Crippen LogP contribution in [0.2, 0.25) is 0 Å². The number of ketones is 1. The van der Waals surface area contributed by atoms with E-state index in [9.17, 15) is 13.6 Å². The fraction of sp³-hybridized carbons (Fsp3) is 0.0833. The molecule has 0 aliphatic carbocycles. The van der Waals surface area contributed by atoms with Gasteiger partial charge in [0, 0.05) is 10.9 Å². The molecule has 94 valence electrons. The van der Waals surface area contributed by atoms with E-state index in [1.54, 1.807) is 6.07 Å². The van der Waals surface area contributed by atoms with Gasteiger partial charge >= 0.3 is 0 Å². The summed E-state index contributed by atoms with van der Waals surface area (Å²) in [5, 5.41) is 0. The quantitative estimate of drug-likeness (QED) is 0.670. The largest absolute Gasteiger partial charge is 0.293 e. The molecular weight excluding hydrogens is 390 g/mol. The molecule has 0 saturated carbocycles. The van der Waals surface area contributed by atoms with Crippen LogP contribution in [-0.2, 0) is 6.42 Å². The van der Waals surface area contributed by atoms with Crippen LogP contribution in [0.5, 0.6) is 0 Å². The van der Waals surface area contributed by atoms with Crippen LogP contribution in [0.4, 0.5) is 8.78 Å². The highest BCUT2D eigenvalue weighted by atomic mass is 79.9. The first kappa shape index (κ1) is 13.8. The van der Waals surface area contributed by atoms with Crippen molar-refractivity contribution in [3.05, 3.63) is 54.6 Å². The van der Waals surface area contributed by atoms with Crippen LogP contribution in [0.15, 0.2) is 32.5 Å². The molecule has 0 spiro atoms. The van der Waals surface area contributed by atoms with Crippen LogP contribution in [0, 0.1) is 11.6 Å². The zero-order valence-corrected chi connectivity index (χ0v) is 12.8. The first-order chi connectivity index (χ1) is 8.47. The Kier molecular flexibility index (Phi) is 4.29. The lowest BCUT2D eigenvalue weighted by Crippen LogP contribution is -2.02. The lowest BCUT2D eigenvalue weighted by Gasteiger charge is -2.00. The summed E-state index contributed by atoms with van der Waals surface area (Å²) < 4.78 is 27.4. The van der Waals surface area contributed by atoms with Crippen molar-refractivity contribution in [2.24, 2.45) is 0 Å². The molecule has 18 heavy (non-hydrogen) atoms. The van der Waals surface area contributed by atoms with E-state index in [-0.39, 0.29) is 12.2 Å². The number of rotatable bonds is 3. The minimum absolute atomic E-state index is 0.0522. The van der Waals surface area contributed by atoms with Crippen molar-refractivity contribution in [1.82, 2.24) is 0 Å². The topological polar surface area (TPSA) is 17.1 Å². The van der Waals surface area contributed by atoms with Gasteiger partial charge in [-0.15, -0.1) is 11.3 Å². The summed E-state index contributed by atoms with van der Waals surface area (Å²) in [6.45, 7) is 0. The lowest BCUT2D eigenvalue weighted by molar-refractivity contribution is 0.0996. The van der Waals surface area contributed by atoms with Gasteiger partial charge in [0.25, 0.3) is 0 Å². The normalized spacial score (nSPS) is 10.7. The SMILES string of the molecule is O=C(Cc1ccc(F)c(F)c1)c1cc(Br)c(Br)s1. The van der Waals surface area contributed by atoms with Gasteiger partial charge in [-0.2, -0.15) is 0 Å². The minimum Gasteiger partial charge on any atom is -0.293 e. The van der Waals surface area contributed by atoms with E-state index >= 15 is 0 Å². The third kappa shape index (κ3) is 3.05. The summed E-state index contributed by atoms with van der Waals surface area (Å²) >= 11 is 7.89. The van der Waals surface area contributed by atoms with E-state index in [0.29, 0.717) is 10.4 Å². The van der Waals surface area contributed by atoms with Crippen molar-refractivity contribution >= 4 is 49.0 Å². The molecule has 0 fully saturated rings. The Labute approximate surface area is 123 Å². The molecular formula is C12H6Br2F2OS. The van der Waals surface area contributed by atoms with E-state index in [0.717, 1.165) is 20.4 Å². The summed E-state index contributed by atoms with van der Waals surface area (Å²) in [5.41, 5.74) is 0.458. The second kappa shape index (κ2) is 5.59. The molecule has 2 rings (SSSR count). The van der Waals surface area contributed by atoms with Crippen LogP contribution in [0.3, 0.4) is 0 Å². The van der Waals surface area contributed by atoms with Crippen LogP contribution >= 0.6 is 43.2 Å². The first-order valence-corrected chi connectivity index (χ1v) is 7.29. The summed E-state index contributed by atoms with van der Waals surface area (Å²) in [4.78, 5) is 12.5. The molecule has 0 unspecified atom stereocenters. The van der Waals surface area contributed by atoms with Gasteiger partial charge in [-0.3, -0.25) is 4.79 Å². The predicted molar refractivity (Wildman–Crippen MR) is 74.1 cm³/mol. The average Bonchev–Trinajstić information content (AvgIpc) is 2.65. The van der Waals surface area contributed by atoms with Gasteiger partial charge in [0.2, 0.25) is 0 Å². The Balaban J connectivity index is 2.18. The number of thiophene rings is 1. The smallest absolute Gasteiger partial charge is 0.177 e. The van der Waals surface area contributed by atoms with Crippen molar-refractivity contribution in [1.29, 1.82) is 0 Å². The van der Waals surface area contributed by atoms with E-state index in [1.807, 2.05) is 0 Å². The molecule has 0 radical (unpaired) electrons. The molecule has 0 N–H and O–H groups in total. The lowest BCUT2D eigenvalue weighted by atomic mass is 10.1. The van der Waals surface area contributed by atoms with Gasteiger partial charge < -0.3 is 0 Å². The molecule has 0 aliphatic rings. The molecule has 0 amide bonds. The van der Waals surface area contributed by atoms with Crippen LogP contribution in [0.1, 0.15) is 15.2 Å². The van der Waals surface area contributed by atoms with Gasteiger partial charge in [0.05, 0.1) is 8.66 Å². The zero-order chi connectivity index (χ0) is 13.3. The number of carbonyl (C=O) groups excluding carboxylic acids is 1. The van der Waals surface area contributed by atoms with Crippen molar-refractivity contribution in [2.45, 2.75) is 6.42 Å². The maximum atomic E-state index is 13.0. The second-order valence-electron chi connectivity index (χ2n) is 3.58. The fourth-order valence-corrected chi connectivity index (χ4v) is 3.38. The van der Waals surface area contributed by atoms with Crippen LogP contribution < -0.4 is 0 Å². The minimum atomic E-state index is -0.936. The Bertz CT molecular complexity index is 591. The van der Waals surface area contributed by atoms with E-state index < -0.39 is 11.6 Å². The molecule has 2 aromatic rings. The van der Waals surface area contributed by atoms with E-state index in [4.69, 9.17) is 0 Å². The summed E-state index contributed by atoms with van der Waals surface area (Å²) in [5.74, 6) is -1.97. The van der Waals surface area contributed by atoms with Crippen molar-refractivity contribution < 1.29 is 13.6 Å². The first-order valence-electron chi connectivity index (χ1n) is 4.89. The summed E-state index contributed by atoms with van der Waals surface area (Å²) in [6.07, 6.45) is 0.0522. The summed E-state index contributed by atoms with van der Waals surface area (Å²) in [7, 11) is 0. The maximum absolute atomic E-state index is 13.0. The predicted octanol–water partition coefficient (Wildman–Crippen LogP) is 4.98. The molecule has 1 aromatic heterocycles.